The molecule has 0 saturated heterocycles. The molecule has 2 rings (SSSR count). The molecule has 0 aromatic carbocycles. The van der Waals surface area contributed by atoms with E-state index in [2.05, 4.69) is 4.98 Å². The van der Waals surface area contributed by atoms with Crippen LogP contribution >= 0.6 is 0 Å². The van der Waals surface area contributed by atoms with E-state index >= 15 is 0 Å². The maximum Gasteiger partial charge on any atom is 0.135 e. The molecule has 1 heterocycles. The molecule has 1 fully saturated rings. The van der Waals surface area contributed by atoms with E-state index in [1.165, 1.54) is 6.42 Å². The molecule has 0 amide bonds. The molecule has 0 radical (unpaired) electrons. The second kappa shape index (κ2) is 4.60. The van der Waals surface area contributed by atoms with Crippen LogP contribution in [0.2, 0.25) is 0 Å². The third kappa shape index (κ3) is 2.46. The summed E-state index contributed by atoms with van der Waals surface area (Å²) in [5, 5.41) is 0. The lowest BCUT2D eigenvalue weighted by Gasteiger charge is -2.19. The van der Waals surface area contributed by atoms with Gasteiger partial charge in [0.05, 0.1) is 0 Å². The Labute approximate surface area is 90.5 Å². The van der Waals surface area contributed by atoms with Crippen LogP contribution in [0.4, 0.5) is 0 Å². The van der Waals surface area contributed by atoms with Gasteiger partial charge in [0, 0.05) is 38.2 Å². The van der Waals surface area contributed by atoms with Crippen molar-refractivity contribution in [1.29, 1.82) is 0 Å². The minimum atomic E-state index is 0.301. The Kier molecular flexibility index (Phi) is 3.19. The lowest BCUT2D eigenvalue weighted by atomic mass is 9.85. The Balaban J connectivity index is 1.87. The Morgan fingerprint density at radius 3 is 3.07 bits per heavy atom. The van der Waals surface area contributed by atoms with Crippen molar-refractivity contribution in [3.63, 3.8) is 0 Å². The first-order valence-corrected chi connectivity index (χ1v) is 5.76. The minimum absolute atomic E-state index is 0.301. The Bertz CT molecular complexity index is 343. The van der Waals surface area contributed by atoms with E-state index in [-0.39, 0.29) is 0 Å². The average Bonchev–Trinajstić information content (AvgIpc) is 2.63. The van der Waals surface area contributed by atoms with Gasteiger partial charge in [0.25, 0.3) is 0 Å². The van der Waals surface area contributed by atoms with E-state index in [0.29, 0.717) is 11.7 Å². The summed E-state index contributed by atoms with van der Waals surface area (Å²) >= 11 is 0. The SMILES string of the molecule is Cn1ccnc1CCC1CCCCC1=O. The van der Waals surface area contributed by atoms with E-state index in [1.54, 1.807) is 0 Å². The van der Waals surface area contributed by atoms with E-state index in [9.17, 15) is 4.79 Å². The van der Waals surface area contributed by atoms with Gasteiger partial charge in [-0.3, -0.25) is 4.79 Å². The number of nitrogens with zero attached hydrogens (tertiary/aromatic N) is 2. The number of hydrogen-bond acceptors (Lipinski definition) is 2. The first-order chi connectivity index (χ1) is 7.27. The van der Waals surface area contributed by atoms with Gasteiger partial charge in [0.2, 0.25) is 0 Å². The van der Waals surface area contributed by atoms with Crippen molar-refractivity contribution in [2.24, 2.45) is 13.0 Å². The molecular weight excluding hydrogens is 188 g/mol. The lowest BCUT2D eigenvalue weighted by molar-refractivity contribution is -0.124. The fourth-order valence-corrected chi connectivity index (χ4v) is 2.30. The largest absolute Gasteiger partial charge is 0.338 e. The molecule has 0 spiro atoms. The predicted octanol–water partition coefficient (Wildman–Crippen LogP) is 2.11. The van der Waals surface area contributed by atoms with E-state index in [0.717, 1.165) is 37.9 Å². The monoisotopic (exact) mass is 206 g/mol. The highest BCUT2D eigenvalue weighted by Crippen LogP contribution is 2.24. The van der Waals surface area contributed by atoms with Crippen molar-refractivity contribution in [3.05, 3.63) is 18.2 Å². The normalized spacial score (nSPS) is 21.9. The molecule has 1 aromatic rings. The van der Waals surface area contributed by atoms with Gasteiger partial charge in [0.1, 0.15) is 11.6 Å². The van der Waals surface area contributed by atoms with Crippen molar-refractivity contribution in [2.75, 3.05) is 0 Å². The molecule has 15 heavy (non-hydrogen) atoms. The molecule has 3 heteroatoms. The number of carbonyl (C=O) groups is 1. The number of carbonyl (C=O) groups excluding carboxylic acids is 1. The Morgan fingerprint density at radius 1 is 1.53 bits per heavy atom. The number of ketones is 1. The summed E-state index contributed by atoms with van der Waals surface area (Å²) in [4.78, 5) is 15.9. The van der Waals surface area contributed by atoms with Crippen LogP contribution in [0.1, 0.15) is 37.9 Å². The van der Waals surface area contributed by atoms with Crippen LogP contribution in [-0.4, -0.2) is 15.3 Å². The Hall–Kier alpha value is -1.12. The van der Waals surface area contributed by atoms with Crippen molar-refractivity contribution in [2.45, 2.75) is 38.5 Å². The summed E-state index contributed by atoms with van der Waals surface area (Å²) in [6.07, 6.45) is 9.88. The highest BCUT2D eigenvalue weighted by molar-refractivity contribution is 5.81. The molecule has 82 valence electrons. The lowest BCUT2D eigenvalue weighted by Crippen LogP contribution is -2.20. The fourth-order valence-electron chi connectivity index (χ4n) is 2.30. The summed E-state index contributed by atoms with van der Waals surface area (Å²) in [7, 11) is 2.00. The second-order valence-corrected chi connectivity index (χ2v) is 4.40. The topological polar surface area (TPSA) is 34.9 Å². The third-order valence-corrected chi connectivity index (χ3v) is 3.32. The number of Topliss-reactive ketones (excluding diaryl/α,β-unsaturated/α-hetero) is 1. The van der Waals surface area contributed by atoms with Crippen LogP contribution in [0, 0.1) is 5.92 Å². The molecule has 1 unspecified atom stereocenters. The van der Waals surface area contributed by atoms with Crippen LogP contribution in [0.25, 0.3) is 0 Å². The van der Waals surface area contributed by atoms with E-state index in [4.69, 9.17) is 0 Å². The number of imidazole rings is 1. The molecule has 1 aliphatic carbocycles. The summed E-state index contributed by atoms with van der Waals surface area (Å²) in [5.41, 5.74) is 0. The van der Waals surface area contributed by atoms with Gasteiger partial charge >= 0.3 is 0 Å². The average molecular weight is 206 g/mol. The van der Waals surface area contributed by atoms with Crippen LogP contribution in [0.15, 0.2) is 12.4 Å². The maximum absolute atomic E-state index is 11.6. The first kappa shape index (κ1) is 10.4. The first-order valence-electron chi connectivity index (χ1n) is 5.76. The standard InChI is InChI=1S/C12H18N2O/c1-14-9-8-13-12(14)7-6-10-4-2-3-5-11(10)15/h8-10H,2-7H2,1H3. The highest BCUT2D eigenvalue weighted by atomic mass is 16.1. The van der Waals surface area contributed by atoms with Gasteiger partial charge in [0.15, 0.2) is 0 Å². The number of aryl methyl sites for hydroxylation is 2. The fraction of sp³-hybridized carbons (Fsp3) is 0.667. The minimum Gasteiger partial charge on any atom is -0.338 e. The molecule has 1 atom stereocenters. The van der Waals surface area contributed by atoms with Gasteiger partial charge in [-0.25, -0.2) is 4.98 Å². The number of hydrogen-bond donors (Lipinski definition) is 0. The molecule has 0 bridgehead atoms. The molecule has 1 aliphatic rings. The van der Waals surface area contributed by atoms with Crippen molar-refractivity contribution < 1.29 is 4.79 Å². The predicted molar refractivity (Wildman–Crippen MR) is 58.5 cm³/mol. The zero-order valence-electron chi connectivity index (χ0n) is 9.28. The smallest absolute Gasteiger partial charge is 0.135 e. The highest BCUT2D eigenvalue weighted by Gasteiger charge is 2.21. The molecule has 1 saturated carbocycles. The molecule has 1 aromatic heterocycles. The van der Waals surface area contributed by atoms with Crippen LogP contribution < -0.4 is 0 Å². The quantitative estimate of drug-likeness (QED) is 0.759. The summed E-state index contributed by atoms with van der Waals surface area (Å²) < 4.78 is 2.04. The zero-order valence-corrected chi connectivity index (χ0v) is 9.28. The van der Waals surface area contributed by atoms with Gasteiger partial charge in [-0.2, -0.15) is 0 Å². The summed E-state index contributed by atoms with van der Waals surface area (Å²) in [6.45, 7) is 0. The van der Waals surface area contributed by atoms with Crippen LogP contribution in [0.3, 0.4) is 0 Å². The molecule has 0 aliphatic heterocycles. The zero-order chi connectivity index (χ0) is 10.7. The van der Waals surface area contributed by atoms with Gasteiger partial charge in [-0.05, 0) is 19.3 Å². The van der Waals surface area contributed by atoms with Crippen molar-refractivity contribution in [1.82, 2.24) is 9.55 Å². The maximum atomic E-state index is 11.6. The van der Waals surface area contributed by atoms with Gasteiger partial charge < -0.3 is 4.57 Å². The van der Waals surface area contributed by atoms with Crippen LogP contribution in [0.5, 0.6) is 0 Å². The Morgan fingerprint density at radius 2 is 2.40 bits per heavy atom. The van der Waals surface area contributed by atoms with E-state index in [1.807, 2.05) is 24.0 Å². The molecule has 0 N–H and O–H groups in total. The van der Waals surface area contributed by atoms with Crippen molar-refractivity contribution in [3.8, 4) is 0 Å². The van der Waals surface area contributed by atoms with Gasteiger partial charge in [-0.1, -0.05) is 6.42 Å². The van der Waals surface area contributed by atoms with Crippen LogP contribution in [-0.2, 0) is 18.3 Å². The van der Waals surface area contributed by atoms with Gasteiger partial charge in [-0.15, -0.1) is 0 Å². The summed E-state index contributed by atoms with van der Waals surface area (Å²) in [6, 6.07) is 0. The summed E-state index contributed by atoms with van der Waals surface area (Å²) in [5.74, 6) is 1.86. The number of rotatable bonds is 3. The van der Waals surface area contributed by atoms with E-state index < -0.39 is 0 Å². The molecule has 3 nitrogen and oxygen atoms in total. The molecular formula is C12H18N2O. The second-order valence-electron chi connectivity index (χ2n) is 4.40. The van der Waals surface area contributed by atoms with Crippen molar-refractivity contribution >= 4 is 5.78 Å². The third-order valence-electron chi connectivity index (χ3n) is 3.32. The number of aromatic nitrogens is 2.